The molecule has 1 heterocycles. The summed E-state index contributed by atoms with van der Waals surface area (Å²) in [6.45, 7) is -0.312. The second-order valence-electron chi connectivity index (χ2n) is 3.62. The molecule has 0 aromatic heterocycles. The SMILES string of the molecule is NC(=O)CONC(=O)C1CSc2ccccc21. The summed E-state index contributed by atoms with van der Waals surface area (Å²) in [5.41, 5.74) is 8.13. The van der Waals surface area contributed by atoms with Gasteiger partial charge in [0.15, 0.2) is 6.61 Å². The third-order valence-electron chi connectivity index (χ3n) is 2.40. The Morgan fingerprint density at radius 1 is 1.47 bits per heavy atom. The van der Waals surface area contributed by atoms with Gasteiger partial charge in [0.05, 0.1) is 5.92 Å². The second-order valence-corrected chi connectivity index (χ2v) is 4.68. The molecule has 1 atom stereocenters. The number of fused-ring (bicyclic) bond motifs is 1. The predicted molar refractivity (Wildman–Crippen MR) is 63.2 cm³/mol. The monoisotopic (exact) mass is 252 g/mol. The lowest BCUT2D eigenvalue weighted by atomic mass is 10.0. The van der Waals surface area contributed by atoms with Crippen molar-refractivity contribution in [2.75, 3.05) is 12.4 Å². The third kappa shape index (κ3) is 2.78. The summed E-state index contributed by atoms with van der Waals surface area (Å²) < 4.78 is 0. The van der Waals surface area contributed by atoms with Crippen LogP contribution in [0.3, 0.4) is 0 Å². The van der Waals surface area contributed by atoms with E-state index >= 15 is 0 Å². The molecule has 6 heteroatoms. The van der Waals surface area contributed by atoms with Crippen molar-refractivity contribution >= 4 is 23.6 Å². The average Bonchev–Trinajstić information content (AvgIpc) is 2.72. The van der Waals surface area contributed by atoms with Crippen molar-refractivity contribution in [1.82, 2.24) is 5.48 Å². The summed E-state index contributed by atoms with van der Waals surface area (Å²) in [6.07, 6.45) is 0. The van der Waals surface area contributed by atoms with Crippen LogP contribution in [0, 0.1) is 0 Å². The highest BCUT2D eigenvalue weighted by Gasteiger charge is 2.29. The molecule has 2 rings (SSSR count). The lowest BCUT2D eigenvalue weighted by Crippen LogP contribution is -2.33. The molecule has 0 spiro atoms. The van der Waals surface area contributed by atoms with Crippen LogP contribution in [0.2, 0.25) is 0 Å². The average molecular weight is 252 g/mol. The van der Waals surface area contributed by atoms with Gasteiger partial charge in [-0.3, -0.25) is 14.4 Å². The fraction of sp³-hybridized carbons (Fsp3) is 0.273. The van der Waals surface area contributed by atoms with Gasteiger partial charge in [0.25, 0.3) is 5.91 Å². The molecule has 0 bridgehead atoms. The fourth-order valence-electron chi connectivity index (χ4n) is 1.63. The number of amides is 2. The molecular formula is C11H12N2O3S. The molecule has 17 heavy (non-hydrogen) atoms. The lowest BCUT2D eigenvalue weighted by Gasteiger charge is -2.10. The molecule has 0 saturated heterocycles. The standard InChI is InChI=1S/C11H12N2O3S/c12-10(14)5-16-13-11(15)8-6-17-9-4-2-1-3-7(8)9/h1-4,8H,5-6H2,(H2,12,14)(H,13,15). The van der Waals surface area contributed by atoms with Gasteiger partial charge in [-0.15, -0.1) is 11.8 Å². The molecule has 1 aromatic rings. The Labute approximate surface area is 103 Å². The van der Waals surface area contributed by atoms with Crippen molar-refractivity contribution in [3.05, 3.63) is 29.8 Å². The van der Waals surface area contributed by atoms with Crippen molar-refractivity contribution in [3.8, 4) is 0 Å². The number of rotatable bonds is 4. The number of nitrogens with two attached hydrogens (primary N) is 1. The van der Waals surface area contributed by atoms with Gasteiger partial charge in [-0.05, 0) is 11.6 Å². The number of benzene rings is 1. The van der Waals surface area contributed by atoms with Gasteiger partial charge in [0, 0.05) is 10.6 Å². The summed E-state index contributed by atoms with van der Waals surface area (Å²) in [6, 6.07) is 7.75. The second kappa shape index (κ2) is 5.20. The van der Waals surface area contributed by atoms with Gasteiger partial charge in [-0.2, -0.15) is 0 Å². The van der Waals surface area contributed by atoms with Gasteiger partial charge in [0.1, 0.15) is 0 Å². The molecule has 0 saturated carbocycles. The van der Waals surface area contributed by atoms with Gasteiger partial charge in [-0.25, -0.2) is 5.48 Å². The number of carbonyl (C=O) groups excluding carboxylic acids is 2. The third-order valence-corrected chi connectivity index (χ3v) is 3.59. The molecule has 0 fully saturated rings. The van der Waals surface area contributed by atoms with Crippen molar-refractivity contribution in [2.45, 2.75) is 10.8 Å². The summed E-state index contributed by atoms with van der Waals surface area (Å²) in [4.78, 5) is 28.0. The van der Waals surface area contributed by atoms with Crippen molar-refractivity contribution in [1.29, 1.82) is 0 Å². The van der Waals surface area contributed by atoms with Crippen molar-refractivity contribution in [3.63, 3.8) is 0 Å². The molecule has 1 aliphatic rings. The normalized spacial score (nSPS) is 17.5. The largest absolute Gasteiger partial charge is 0.368 e. The zero-order valence-corrected chi connectivity index (χ0v) is 9.83. The van der Waals surface area contributed by atoms with Crippen LogP contribution < -0.4 is 11.2 Å². The van der Waals surface area contributed by atoms with Crippen LogP contribution >= 0.6 is 11.8 Å². The number of hydrogen-bond acceptors (Lipinski definition) is 4. The maximum absolute atomic E-state index is 11.8. The van der Waals surface area contributed by atoms with Crippen LogP contribution in [-0.2, 0) is 14.4 Å². The van der Waals surface area contributed by atoms with E-state index in [1.165, 1.54) is 0 Å². The van der Waals surface area contributed by atoms with Gasteiger partial charge in [0.2, 0.25) is 5.91 Å². The van der Waals surface area contributed by atoms with Crippen LogP contribution in [0.25, 0.3) is 0 Å². The minimum atomic E-state index is -0.619. The Balaban J connectivity index is 1.96. The van der Waals surface area contributed by atoms with Gasteiger partial charge < -0.3 is 5.73 Å². The number of hydrogen-bond donors (Lipinski definition) is 2. The summed E-state index contributed by atoms with van der Waals surface area (Å²) in [5, 5.41) is 0. The maximum atomic E-state index is 11.8. The quantitative estimate of drug-likeness (QED) is 0.760. The van der Waals surface area contributed by atoms with Crippen LogP contribution in [0.5, 0.6) is 0 Å². The van der Waals surface area contributed by atoms with Crippen molar-refractivity contribution < 1.29 is 14.4 Å². The summed E-state index contributed by atoms with van der Waals surface area (Å²) in [7, 11) is 0. The zero-order valence-electron chi connectivity index (χ0n) is 9.01. The number of nitrogens with one attached hydrogen (secondary N) is 1. The molecule has 1 unspecified atom stereocenters. The minimum Gasteiger partial charge on any atom is -0.368 e. The number of thioether (sulfide) groups is 1. The first-order valence-electron chi connectivity index (χ1n) is 5.10. The molecule has 0 aliphatic carbocycles. The van der Waals surface area contributed by atoms with E-state index in [1.807, 2.05) is 24.3 Å². The zero-order chi connectivity index (χ0) is 12.3. The number of hydroxylamine groups is 1. The van der Waals surface area contributed by atoms with Gasteiger partial charge >= 0.3 is 0 Å². The van der Waals surface area contributed by atoms with Crippen LogP contribution in [0.4, 0.5) is 0 Å². The Bertz CT molecular complexity index is 450. The highest BCUT2D eigenvalue weighted by molar-refractivity contribution is 7.99. The van der Waals surface area contributed by atoms with Gasteiger partial charge in [-0.1, -0.05) is 18.2 Å². The molecule has 1 aromatic carbocycles. The number of carbonyl (C=O) groups is 2. The molecule has 1 aliphatic heterocycles. The van der Waals surface area contributed by atoms with Crippen molar-refractivity contribution in [2.24, 2.45) is 5.73 Å². The highest BCUT2D eigenvalue weighted by atomic mass is 32.2. The van der Waals surface area contributed by atoms with E-state index in [4.69, 9.17) is 10.6 Å². The smallest absolute Gasteiger partial charge is 0.251 e. The molecule has 3 N–H and O–H groups in total. The Morgan fingerprint density at radius 2 is 2.24 bits per heavy atom. The maximum Gasteiger partial charge on any atom is 0.251 e. The molecule has 0 radical (unpaired) electrons. The van der Waals surface area contributed by atoms with E-state index in [-0.39, 0.29) is 18.4 Å². The highest BCUT2D eigenvalue weighted by Crippen LogP contribution is 2.39. The number of primary amides is 1. The first kappa shape index (κ1) is 11.9. The van der Waals surface area contributed by atoms with Crippen LogP contribution in [0.15, 0.2) is 29.2 Å². The predicted octanol–water partition coefficient (Wildman–Crippen LogP) is 0.409. The Kier molecular flexibility index (Phi) is 3.65. The Hall–Kier alpha value is -1.53. The van der Waals surface area contributed by atoms with Crippen LogP contribution in [0.1, 0.15) is 11.5 Å². The topological polar surface area (TPSA) is 81.4 Å². The van der Waals surface area contributed by atoms with E-state index in [0.29, 0.717) is 5.75 Å². The van der Waals surface area contributed by atoms with E-state index in [9.17, 15) is 9.59 Å². The molecule has 90 valence electrons. The van der Waals surface area contributed by atoms with E-state index in [1.54, 1.807) is 11.8 Å². The molecular weight excluding hydrogens is 240 g/mol. The molecule has 2 amide bonds. The minimum absolute atomic E-state index is 0.232. The summed E-state index contributed by atoms with van der Waals surface area (Å²) >= 11 is 1.64. The first-order valence-corrected chi connectivity index (χ1v) is 6.08. The first-order chi connectivity index (χ1) is 8.18. The molecule has 5 nitrogen and oxygen atoms in total. The van der Waals surface area contributed by atoms with E-state index < -0.39 is 5.91 Å². The lowest BCUT2D eigenvalue weighted by molar-refractivity contribution is -0.138. The van der Waals surface area contributed by atoms with E-state index in [2.05, 4.69) is 5.48 Å². The fourth-order valence-corrected chi connectivity index (χ4v) is 2.86. The van der Waals surface area contributed by atoms with Crippen LogP contribution in [-0.4, -0.2) is 24.2 Å². The summed E-state index contributed by atoms with van der Waals surface area (Å²) in [5.74, 6) is -0.412. The van der Waals surface area contributed by atoms with E-state index in [0.717, 1.165) is 10.5 Å². The Morgan fingerprint density at radius 3 is 3.00 bits per heavy atom.